The minimum absolute atomic E-state index is 0.497. The number of hydrogen-bond donors (Lipinski definition) is 1. The Balaban J connectivity index is 1.86. The van der Waals surface area contributed by atoms with Gasteiger partial charge in [-0.1, -0.05) is 12.1 Å². The molecule has 1 aromatic carbocycles. The van der Waals surface area contributed by atoms with Gasteiger partial charge in [0, 0.05) is 23.5 Å². The van der Waals surface area contributed by atoms with Crippen LogP contribution in [0.2, 0.25) is 0 Å². The summed E-state index contributed by atoms with van der Waals surface area (Å²) in [6, 6.07) is 10.0. The third-order valence-corrected chi connectivity index (χ3v) is 4.97. The molecule has 0 bridgehead atoms. The molecular weight excluding hydrogens is 430 g/mol. The number of benzene rings is 1. The van der Waals surface area contributed by atoms with E-state index >= 15 is 0 Å². The van der Waals surface area contributed by atoms with Gasteiger partial charge in [0.25, 0.3) is 0 Å². The largest absolute Gasteiger partial charge is 0.444 e. The minimum Gasteiger partial charge on any atom is -0.444 e. The molecule has 7 nitrogen and oxygen atoms in total. The van der Waals surface area contributed by atoms with Gasteiger partial charge < -0.3 is 9.47 Å². The predicted molar refractivity (Wildman–Crippen MR) is 134 cm³/mol. The summed E-state index contributed by atoms with van der Waals surface area (Å²) >= 11 is 0. The molecule has 3 rings (SSSR count). The summed E-state index contributed by atoms with van der Waals surface area (Å²) in [6.07, 6.45) is 5.04. The van der Waals surface area contributed by atoms with Crippen LogP contribution in [-0.2, 0) is 22.3 Å². The monoisotopic (exact) mass is 465 g/mol. The highest BCUT2D eigenvalue weighted by atomic mass is 16.6. The summed E-state index contributed by atoms with van der Waals surface area (Å²) in [4.78, 5) is 29.8. The molecule has 0 aliphatic heterocycles. The molecule has 0 saturated carbocycles. The molecule has 1 N–H and O–H groups in total. The lowest BCUT2D eigenvalue weighted by atomic mass is 10.0. The minimum atomic E-state index is -0.642. The topological polar surface area (TPSA) is 82.5 Å². The molecule has 0 spiro atoms. The third-order valence-electron chi connectivity index (χ3n) is 4.97. The average molecular weight is 466 g/mol. The van der Waals surface area contributed by atoms with Crippen LogP contribution in [0, 0.1) is 6.92 Å². The molecular formula is C27H35N3O4. The van der Waals surface area contributed by atoms with Gasteiger partial charge >= 0.3 is 12.2 Å². The van der Waals surface area contributed by atoms with E-state index in [-0.39, 0.29) is 0 Å². The van der Waals surface area contributed by atoms with Crippen LogP contribution >= 0.6 is 0 Å². The van der Waals surface area contributed by atoms with Gasteiger partial charge in [-0.2, -0.15) is 0 Å². The van der Waals surface area contributed by atoms with Crippen LogP contribution in [0.1, 0.15) is 64.8 Å². The van der Waals surface area contributed by atoms with E-state index in [0.29, 0.717) is 11.2 Å². The van der Waals surface area contributed by atoms with Crippen molar-refractivity contribution in [3.63, 3.8) is 0 Å². The van der Waals surface area contributed by atoms with Gasteiger partial charge in [0.15, 0.2) is 0 Å². The van der Waals surface area contributed by atoms with Crippen molar-refractivity contribution in [2.24, 2.45) is 0 Å². The number of aryl methyl sites for hydroxylation is 3. The fourth-order valence-corrected chi connectivity index (χ4v) is 3.53. The number of fused-ring (bicyclic) bond motifs is 1. The Labute approximate surface area is 201 Å². The summed E-state index contributed by atoms with van der Waals surface area (Å²) in [5.74, 6) is 0. The van der Waals surface area contributed by atoms with Crippen molar-refractivity contribution in [2.45, 2.75) is 78.9 Å². The standard InChI is InChI=1S/C27H35N3O4/c1-18-11-13-20(28-16-18)10-8-9-19-12-14-23-21(15-19)22(29-24(31)33-26(2,3)4)17-30(23)25(32)34-27(5,6)7/h11-17H,8-10H2,1-7H3,(H,29,31). The van der Waals surface area contributed by atoms with E-state index in [1.54, 1.807) is 27.0 Å². The molecule has 0 unspecified atom stereocenters. The van der Waals surface area contributed by atoms with E-state index in [4.69, 9.17) is 9.47 Å². The number of carbonyl (C=O) groups is 2. The van der Waals surface area contributed by atoms with Crippen LogP contribution in [0.5, 0.6) is 0 Å². The number of amides is 1. The van der Waals surface area contributed by atoms with E-state index in [2.05, 4.69) is 22.4 Å². The molecule has 34 heavy (non-hydrogen) atoms. The van der Waals surface area contributed by atoms with Crippen molar-refractivity contribution in [1.82, 2.24) is 9.55 Å². The van der Waals surface area contributed by atoms with Crippen molar-refractivity contribution < 1.29 is 19.1 Å². The predicted octanol–water partition coefficient (Wildman–Crippen LogP) is 6.65. The number of rotatable bonds is 5. The number of nitrogens with zero attached hydrogens (tertiary/aromatic N) is 2. The molecule has 182 valence electrons. The highest BCUT2D eigenvalue weighted by molar-refractivity contribution is 6.03. The van der Waals surface area contributed by atoms with E-state index in [1.807, 2.05) is 52.1 Å². The highest BCUT2D eigenvalue weighted by Gasteiger charge is 2.23. The van der Waals surface area contributed by atoms with E-state index in [9.17, 15) is 9.59 Å². The first-order valence-corrected chi connectivity index (χ1v) is 11.6. The number of anilines is 1. The molecule has 0 radical (unpaired) electrons. The zero-order chi connectivity index (χ0) is 25.1. The number of hydrogen-bond acceptors (Lipinski definition) is 5. The summed E-state index contributed by atoms with van der Waals surface area (Å²) in [6.45, 7) is 12.9. The Morgan fingerprint density at radius 3 is 2.29 bits per heavy atom. The van der Waals surface area contributed by atoms with Crippen LogP contribution in [0.4, 0.5) is 15.3 Å². The molecule has 2 heterocycles. The van der Waals surface area contributed by atoms with Crippen LogP contribution in [0.15, 0.2) is 42.7 Å². The van der Waals surface area contributed by atoms with Crippen LogP contribution in [0.3, 0.4) is 0 Å². The number of aromatic nitrogens is 2. The van der Waals surface area contributed by atoms with Crippen molar-refractivity contribution in [3.05, 3.63) is 59.5 Å². The summed E-state index contributed by atoms with van der Waals surface area (Å²) in [5, 5.41) is 3.55. The normalized spacial score (nSPS) is 12.0. The lowest BCUT2D eigenvalue weighted by molar-refractivity contribution is 0.0542. The zero-order valence-electron chi connectivity index (χ0n) is 21.2. The number of carbonyl (C=O) groups excluding carboxylic acids is 2. The molecule has 7 heteroatoms. The molecule has 1 amide bonds. The third kappa shape index (κ3) is 7.07. The number of pyridine rings is 1. The Morgan fingerprint density at radius 2 is 1.68 bits per heavy atom. The Bertz CT molecular complexity index is 1170. The maximum absolute atomic E-state index is 12.8. The maximum atomic E-state index is 12.8. The van der Waals surface area contributed by atoms with Gasteiger partial charge in [-0.3, -0.25) is 14.9 Å². The number of ether oxygens (including phenoxy) is 2. The van der Waals surface area contributed by atoms with Gasteiger partial charge in [0.2, 0.25) is 0 Å². The first-order chi connectivity index (χ1) is 15.8. The Morgan fingerprint density at radius 1 is 0.971 bits per heavy atom. The van der Waals surface area contributed by atoms with Gasteiger partial charge in [0.05, 0.1) is 11.2 Å². The smallest absolute Gasteiger partial charge is 0.419 e. The van der Waals surface area contributed by atoms with Crippen molar-refractivity contribution >= 4 is 28.8 Å². The fourth-order valence-electron chi connectivity index (χ4n) is 3.53. The quantitative estimate of drug-likeness (QED) is 0.456. The average Bonchev–Trinajstić information content (AvgIpc) is 3.05. The maximum Gasteiger partial charge on any atom is 0.419 e. The second-order valence-electron chi connectivity index (χ2n) is 10.6. The molecule has 3 aromatic rings. The van der Waals surface area contributed by atoms with Gasteiger partial charge in [0.1, 0.15) is 11.2 Å². The fraction of sp³-hybridized carbons (Fsp3) is 0.444. The highest BCUT2D eigenvalue weighted by Crippen LogP contribution is 2.29. The number of nitrogens with one attached hydrogen (secondary N) is 1. The van der Waals surface area contributed by atoms with Gasteiger partial charge in [-0.05, 0) is 97.1 Å². The van der Waals surface area contributed by atoms with Gasteiger partial charge in [-0.25, -0.2) is 9.59 Å². The first-order valence-electron chi connectivity index (χ1n) is 11.6. The molecule has 0 fully saturated rings. The first kappa shape index (κ1) is 25.3. The Hall–Kier alpha value is -3.35. The van der Waals surface area contributed by atoms with Crippen LogP contribution in [-0.4, -0.2) is 32.9 Å². The van der Waals surface area contributed by atoms with Crippen molar-refractivity contribution in [3.8, 4) is 0 Å². The van der Waals surface area contributed by atoms with Gasteiger partial charge in [-0.15, -0.1) is 0 Å². The molecule has 0 aliphatic carbocycles. The van der Waals surface area contributed by atoms with E-state index in [0.717, 1.165) is 41.5 Å². The Kier molecular flexibility index (Phi) is 7.34. The van der Waals surface area contributed by atoms with Crippen LogP contribution < -0.4 is 5.32 Å². The second-order valence-corrected chi connectivity index (χ2v) is 10.6. The lowest BCUT2D eigenvalue weighted by Gasteiger charge is -2.20. The van der Waals surface area contributed by atoms with E-state index < -0.39 is 23.4 Å². The molecule has 2 aromatic heterocycles. The summed E-state index contributed by atoms with van der Waals surface area (Å²) in [5.41, 5.74) is 3.19. The second kappa shape index (κ2) is 9.87. The zero-order valence-corrected chi connectivity index (χ0v) is 21.2. The molecule has 0 atom stereocenters. The van der Waals surface area contributed by atoms with Crippen molar-refractivity contribution in [1.29, 1.82) is 0 Å². The van der Waals surface area contributed by atoms with E-state index in [1.165, 1.54) is 4.57 Å². The van der Waals surface area contributed by atoms with Crippen LogP contribution in [0.25, 0.3) is 10.9 Å². The van der Waals surface area contributed by atoms with Crippen molar-refractivity contribution in [2.75, 3.05) is 5.32 Å². The molecule has 0 saturated heterocycles. The molecule has 0 aliphatic rings. The SMILES string of the molecule is Cc1ccc(CCCc2ccc3c(c2)c(NC(=O)OC(C)(C)C)cn3C(=O)OC(C)(C)C)nc1. The lowest BCUT2D eigenvalue weighted by Crippen LogP contribution is -2.27. The summed E-state index contributed by atoms with van der Waals surface area (Å²) in [7, 11) is 0. The summed E-state index contributed by atoms with van der Waals surface area (Å²) < 4.78 is 12.4.